The number of aromatic nitrogens is 1. The number of thiophene rings is 1. The predicted molar refractivity (Wildman–Crippen MR) is 101 cm³/mol. The van der Waals surface area contributed by atoms with Gasteiger partial charge in [0.1, 0.15) is 0 Å². The number of aromatic amines is 1. The molecule has 0 amide bonds. The number of hydrogen-bond acceptors (Lipinski definition) is 2. The van der Waals surface area contributed by atoms with E-state index in [1.165, 1.54) is 42.6 Å². The highest BCUT2D eigenvalue weighted by Crippen LogP contribution is 2.40. The molecule has 0 aliphatic heterocycles. The van der Waals surface area contributed by atoms with Crippen LogP contribution in [0.15, 0.2) is 28.1 Å². The van der Waals surface area contributed by atoms with Gasteiger partial charge < -0.3 is 10.7 Å². The van der Waals surface area contributed by atoms with Crippen LogP contribution in [0.25, 0.3) is 21.5 Å². The molecule has 0 atom stereocenters. The minimum absolute atomic E-state index is 0.762. The van der Waals surface area contributed by atoms with Crippen molar-refractivity contribution in [2.24, 2.45) is 5.73 Å². The molecule has 0 radical (unpaired) electrons. The molecule has 1 aromatic carbocycles. The minimum Gasteiger partial charge on any atom is -0.353 e. The maximum absolute atomic E-state index is 5.68. The van der Waals surface area contributed by atoms with E-state index >= 15 is 0 Å². The third-order valence-electron chi connectivity index (χ3n) is 4.20. The summed E-state index contributed by atoms with van der Waals surface area (Å²) in [6, 6.07) is 6.55. The van der Waals surface area contributed by atoms with Gasteiger partial charge in [0, 0.05) is 15.4 Å². The molecule has 0 fully saturated rings. The van der Waals surface area contributed by atoms with Crippen LogP contribution < -0.4 is 5.73 Å². The van der Waals surface area contributed by atoms with Gasteiger partial charge >= 0.3 is 0 Å². The molecule has 4 heteroatoms. The van der Waals surface area contributed by atoms with E-state index in [4.69, 9.17) is 5.73 Å². The Bertz CT molecular complexity index is 801. The van der Waals surface area contributed by atoms with E-state index < -0.39 is 0 Å². The first-order chi connectivity index (χ1) is 10.6. The van der Waals surface area contributed by atoms with Crippen molar-refractivity contribution in [3.8, 4) is 10.6 Å². The number of nitrogens with one attached hydrogen (secondary N) is 1. The van der Waals surface area contributed by atoms with E-state index in [9.17, 15) is 0 Å². The van der Waals surface area contributed by atoms with Gasteiger partial charge in [0.15, 0.2) is 0 Å². The molecule has 22 heavy (non-hydrogen) atoms. The van der Waals surface area contributed by atoms with Crippen molar-refractivity contribution >= 4 is 38.2 Å². The van der Waals surface area contributed by atoms with Crippen molar-refractivity contribution in [2.45, 2.75) is 33.1 Å². The SMILES string of the molecule is Cc1ccc(C)c2c(CCCCN)c(-c3sccc3Br)[nH]c12. The first-order valence-electron chi connectivity index (χ1n) is 7.67. The molecule has 0 spiro atoms. The number of nitrogens with two attached hydrogens (primary N) is 1. The Balaban J connectivity index is 2.22. The van der Waals surface area contributed by atoms with Crippen LogP contribution in [0.2, 0.25) is 0 Å². The van der Waals surface area contributed by atoms with Gasteiger partial charge in [-0.1, -0.05) is 12.1 Å². The summed E-state index contributed by atoms with van der Waals surface area (Å²) in [5, 5.41) is 3.53. The first kappa shape index (κ1) is 15.8. The number of fused-ring (bicyclic) bond motifs is 1. The van der Waals surface area contributed by atoms with E-state index in [2.05, 4.69) is 58.3 Å². The normalized spacial score (nSPS) is 11.5. The van der Waals surface area contributed by atoms with Gasteiger partial charge in [0.25, 0.3) is 0 Å². The van der Waals surface area contributed by atoms with Crippen LogP contribution in [0.3, 0.4) is 0 Å². The molecule has 0 bridgehead atoms. The third kappa shape index (κ3) is 2.75. The number of hydrogen-bond donors (Lipinski definition) is 2. The smallest absolute Gasteiger partial charge is 0.0650 e. The fourth-order valence-electron chi connectivity index (χ4n) is 3.05. The summed E-state index contributed by atoms with van der Waals surface area (Å²) < 4.78 is 1.17. The molecule has 116 valence electrons. The summed E-state index contributed by atoms with van der Waals surface area (Å²) >= 11 is 5.46. The van der Waals surface area contributed by atoms with Crippen LogP contribution in [0, 0.1) is 13.8 Å². The summed E-state index contributed by atoms with van der Waals surface area (Å²) in [4.78, 5) is 4.98. The third-order valence-corrected chi connectivity index (χ3v) is 6.06. The Morgan fingerprint density at radius 3 is 2.59 bits per heavy atom. The molecule has 0 saturated heterocycles. The van der Waals surface area contributed by atoms with Crippen LogP contribution >= 0.6 is 27.3 Å². The van der Waals surface area contributed by atoms with E-state index in [0.29, 0.717) is 0 Å². The van der Waals surface area contributed by atoms with Crippen LogP contribution in [-0.4, -0.2) is 11.5 Å². The first-order valence-corrected chi connectivity index (χ1v) is 9.35. The highest BCUT2D eigenvalue weighted by molar-refractivity contribution is 9.10. The fourth-order valence-corrected chi connectivity index (χ4v) is 4.65. The zero-order chi connectivity index (χ0) is 15.7. The molecule has 0 aliphatic rings. The monoisotopic (exact) mass is 376 g/mol. The van der Waals surface area contributed by atoms with Gasteiger partial charge in [0.05, 0.1) is 10.6 Å². The van der Waals surface area contributed by atoms with Crippen molar-refractivity contribution in [2.75, 3.05) is 6.54 Å². The summed E-state index contributed by atoms with van der Waals surface area (Å²) in [5.74, 6) is 0. The molecule has 0 unspecified atom stereocenters. The average Bonchev–Trinajstić information content (AvgIpc) is 3.08. The number of rotatable bonds is 5. The lowest BCUT2D eigenvalue weighted by Crippen LogP contribution is -1.99. The highest BCUT2D eigenvalue weighted by Gasteiger charge is 2.18. The van der Waals surface area contributed by atoms with Crippen molar-refractivity contribution in [1.29, 1.82) is 0 Å². The lowest BCUT2D eigenvalue weighted by atomic mass is 9.99. The van der Waals surface area contributed by atoms with Gasteiger partial charge in [-0.15, -0.1) is 11.3 Å². The number of H-pyrrole nitrogens is 1. The number of benzene rings is 1. The van der Waals surface area contributed by atoms with Gasteiger partial charge in [-0.2, -0.15) is 0 Å². The van der Waals surface area contributed by atoms with Crippen LogP contribution in [-0.2, 0) is 6.42 Å². The molecule has 0 aliphatic carbocycles. The fraction of sp³-hybridized carbons (Fsp3) is 0.333. The average molecular weight is 377 g/mol. The summed E-state index contributed by atoms with van der Waals surface area (Å²) in [5.41, 5.74) is 12.3. The van der Waals surface area contributed by atoms with Crippen LogP contribution in [0.5, 0.6) is 0 Å². The molecule has 3 rings (SSSR count). The molecule has 2 heterocycles. The van der Waals surface area contributed by atoms with Crippen molar-refractivity contribution in [3.05, 3.63) is 44.7 Å². The Morgan fingerprint density at radius 2 is 1.91 bits per heavy atom. The second-order valence-electron chi connectivity index (χ2n) is 5.77. The molecule has 0 saturated carbocycles. The maximum Gasteiger partial charge on any atom is 0.0650 e. The predicted octanol–water partition coefficient (Wildman–Crippen LogP) is 5.56. The Kier molecular flexibility index (Phi) is 4.71. The summed E-state index contributed by atoms with van der Waals surface area (Å²) in [6.07, 6.45) is 3.27. The second kappa shape index (κ2) is 6.57. The van der Waals surface area contributed by atoms with Crippen LogP contribution in [0.1, 0.15) is 29.5 Å². The zero-order valence-electron chi connectivity index (χ0n) is 13.0. The number of halogens is 1. The van der Waals surface area contributed by atoms with E-state index in [1.807, 2.05) is 0 Å². The molecular weight excluding hydrogens is 356 g/mol. The molecule has 3 N–H and O–H groups in total. The van der Waals surface area contributed by atoms with Gasteiger partial charge in [-0.05, 0) is 83.7 Å². The minimum atomic E-state index is 0.762. The molecule has 2 aromatic heterocycles. The Hall–Kier alpha value is -1.10. The topological polar surface area (TPSA) is 41.8 Å². The molecular formula is C18H21BrN2S. The lowest BCUT2D eigenvalue weighted by molar-refractivity contribution is 0.748. The maximum atomic E-state index is 5.68. The standard InChI is InChI=1S/C18H21BrN2S/c1-11-6-7-12(2)16-15(11)13(5-3-4-9-20)17(21-16)18-14(19)8-10-22-18/h6-8,10,21H,3-5,9,20H2,1-2H3. The Labute approximate surface area is 143 Å². The van der Waals surface area contributed by atoms with Crippen molar-refractivity contribution in [1.82, 2.24) is 4.98 Å². The zero-order valence-corrected chi connectivity index (χ0v) is 15.4. The lowest BCUT2D eigenvalue weighted by Gasteiger charge is -2.06. The van der Waals surface area contributed by atoms with Crippen molar-refractivity contribution in [3.63, 3.8) is 0 Å². The highest BCUT2D eigenvalue weighted by atomic mass is 79.9. The molecule has 3 aromatic rings. The van der Waals surface area contributed by atoms with Crippen LogP contribution in [0.4, 0.5) is 0 Å². The van der Waals surface area contributed by atoms with Crippen molar-refractivity contribution < 1.29 is 0 Å². The quantitative estimate of drug-likeness (QED) is 0.562. The van der Waals surface area contributed by atoms with Gasteiger partial charge in [-0.3, -0.25) is 0 Å². The largest absolute Gasteiger partial charge is 0.353 e. The van der Waals surface area contributed by atoms with E-state index in [0.717, 1.165) is 25.8 Å². The summed E-state index contributed by atoms with van der Waals surface area (Å²) in [6.45, 7) is 5.14. The van der Waals surface area contributed by atoms with E-state index in [-0.39, 0.29) is 0 Å². The van der Waals surface area contributed by atoms with E-state index in [1.54, 1.807) is 11.3 Å². The Morgan fingerprint density at radius 1 is 1.14 bits per heavy atom. The number of aryl methyl sites for hydroxylation is 3. The second-order valence-corrected chi connectivity index (χ2v) is 7.54. The van der Waals surface area contributed by atoms with Gasteiger partial charge in [0.2, 0.25) is 0 Å². The van der Waals surface area contributed by atoms with Gasteiger partial charge in [-0.25, -0.2) is 0 Å². The summed E-state index contributed by atoms with van der Waals surface area (Å²) in [7, 11) is 0. The number of unbranched alkanes of at least 4 members (excludes halogenated alkanes) is 1. The molecule has 2 nitrogen and oxygen atoms in total.